The number of hydrogen-bond acceptors (Lipinski definition) is 3. The Bertz CT molecular complexity index is 751. The lowest BCUT2D eigenvalue weighted by molar-refractivity contribution is -0.137. The molecule has 1 aliphatic carbocycles. The van der Waals surface area contributed by atoms with Crippen LogP contribution in [0.5, 0.6) is 0 Å². The molecule has 1 aromatic rings. The van der Waals surface area contributed by atoms with E-state index in [0.29, 0.717) is 37.8 Å². The van der Waals surface area contributed by atoms with Crippen molar-refractivity contribution in [1.82, 2.24) is 15.1 Å². The smallest absolute Gasteiger partial charge is 0.352 e. The maximum atomic E-state index is 12.8. The summed E-state index contributed by atoms with van der Waals surface area (Å²) in [7, 11) is 0. The van der Waals surface area contributed by atoms with Crippen LogP contribution in [0.4, 0.5) is 13.2 Å². The van der Waals surface area contributed by atoms with Gasteiger partial charge in [-0.2, -0.15) is 13.2 Å². The van der Waals surface area contributed by atoms with E-state index in [1.165, 1.54) is 24.3 Å². The molecular weight excluding hydrogens is 371 g/mol. The minimum Gasteiger partial charge on any atom is -0.352 e. The van der Waals surface area contributed by atoms with E-state index in [4.69, 9.17) is 0 Å². The molecule has 1 unspecified atom stereocenters. The summed E-state index contributed by atoms with van der Waals surface area (Å²) in [6, 6.07) is 4.94. The molecule has 0 spiro atoms. The van der Waals surface area contributed by atoms with Gasteiger partial charge < -0.3 is 10.2 Å². The first-order valence-corrected chi connectivity index (χ1v) is 9.43. The summed E-state index contributed by atoms with van der Waals surface area (Å²) >= 11 is 0. The Hall–Kier alpha value is -2.35. The van der Waals surface area contributed by atoms with Crippen molar-refractivity contribution >= 4 is 17.9 Å². The van der Waals surface area contributed by atoms with Crippen LogP contribution < -0.4 is 5.32 Å². The molecule has 3 rings (SSSR count). The molecule has 1 N–H and O–H groups in total. The van der Waals surface area contributed by atoms with Crippen molar-refractivity contribution in [3.8, 4) is 0 Å². The summed E-state index contributed by atoms with van der Waals surface area (Å²) in [6.45, 7) is 3.99. The van der Waals surface area contributed by atoms with E-state index in [2.05, 4.69) is 5.32 Å². The summed E-state index contributed by atoms with van der Waals surface area (Å²) in [5, 5.41) is 2.99. The molecule has 1 atom stereocenters. The van der Waals surface area contributed by atoms with Crippen LogP contribution in [-0.4, -0.2) is 59.9 Å². The van der Waals surface area contributed by atoms with Gasteiger partial charge in [0.2, 0.25) is 11.8 Å². The number of halogens is 3. The van der Waals surface area contributed by atoms with E-state index in [-0.39, 0.29) is 17.9 Å². The highest BCUT2D eigenvalue weighted by Crippen LogP contribution is 2.29. The second-order valence-electron chi connectivity index (χ2n) is 7.28. The third-order valence-corrected chi connectivity index (χ3v) is 5.11. The van der Waals surface area contributed by atoms with Crippen LogP contribution in [0.25, 0.3) is 6.08 Å². The minimum atomic E-state index is -4.41. The second kappa shape index (κ2) is 8.34. The average Bonchev–Trinajstić information content (AvgIpc) is 3.49. The van der Waals surface area contributed by atoms with E-state index < -0.39 is 11.7 Å². The van der Waals surface area contributed by atoms with Crippen LogP contribution in [0.2, 0.25) is 0 Å². The SMILES string of the molecule is CC(C(=O)NC1CC1)N1CCN(C(=O)/C=C/c2cccc(C(F)(F)F)c2)CC1. The fraction of sp³-hybridized carbons (Fsp3) is 0.500. The molecule has 2 amide bonds. The van der Waals surface area contributed by atoms with Gasteiger partial charge in [-0.1, -0.05) is 12.1 Å². The Morgan fingerprint density at radius 2 is 1.86 bits per heavy atom. The summed E-state index contributed by atoms with van der Waals surface area (Å²) in [4.78, 5) is 28.2. The van der Waals surface area contributed by atoms with E-state index >= 15 is 0 Å². The zero-order valence-electron chi connectivity index (χ0n) is 15.7. The summed E-state index contributed by atoms with van der Waals surface area (Å²) in [5.74, 6) is -0.223. The molecule has 1 saturated heterocycles. The topological polar surface area (TPSA) is 52.7 Å². The lowest BCUT2D eigenvalue weighted by Gasteiger charge is -2.37. The number of alkyl halides is 3. The lowest BCUT2D eigenvalue weighted by atomic mass is 10.1. The first-order chi connectivity index (χ1) is 13.2. The largest absolute Gasteiger partial charge is 0.416 e. The van der Waals surface area contributed by atoms with E-state index in [0.717, 1.165) is 25.0 Å². The third-order valence-electron chi connectivity index (χ3n) is 5.11. The molecule has 0 aromatic heterocycles. The fourth-order valence-corrected chi connectivity index (χ4v) is 3.14. The van der Waals surface area contributed by atoms with E-state index in [1.54, 1.807) is 4.90 Å². The zero-order chi connectivity index (χ0) is 20.3. The monoisotopic (exact) mass is 395 g/mol. The molecule has 8 heteroatoms. The normalized spacial score (nSPS) is 19.6. The van der Waals surface area contributed by atoms with Crippen molar-refractivity contribution in [1.29, 1.82) is 0 Å². The Labute approximate surface area is 162 Å². The number of nitrogens with zero attached hydrogens (tertiary/aromatic N) is 2. The van der Waals surface area contributed by atoms with Crippen LogP contribution in [-0.2, 0) is 15.8 Å². The van der Waals surface area contributed by atoms with Crippen molar-refractivity contribution in [2.24, 2.45) is 0 Å². The number of piperazine rings is 1. The average molecular weight is 395 g/mol. The number of hydrogen-bond donors (Lipinski definition) is 1. The molecule has 1 heterocycles. The molecule has 2 aliphatic rings. The van der Waals surface area contributed by atoms with Gasteiger partial charge in [-0.25, -0.2) is 0 Å². The lowest BCUT2D eigenvalue weighted by Crippen LogP contribution is -2.55. The van der Waals surface area contributed by atoms with Crippen molar-refractivity contribution in [3.05, 3.63) is 41.5 Å². The quantitative estimate of drug-likeness (QED) is 0.780. The predicted molar refractivity (Wildman–Crippen MR) is 99.3 cm³/mol. The van der Waals surface area contributed by atoms with Gasteiger partial charge in [0, 0.05) is 38.3 Å². The van der Waals surface area contributed by atoms with E-state index in [1.807, 2.05) is 11.8 Å². The maximum Gasteiger partial charge on any atom is 0.416 e. The third kappa shape index (κ3) is 5.34. The molecule has 1 aliphatic heterocycles. The highest BCUT2D eigenvalue weighted by molar-refractivity contribution is 5.92. The number of benzene rings is 1. The molecule has 1 saturated carbocycles. The molecule has 0 radical (unpaired) electrons. The maximum absolute atomic E-state index is 12.8. The number of rotatable bonds is 5. The van der Waals surface area contributed by atoms with E-state index in [9.17, 15) is 22.8 Å². The summed E-state index contributed by atoms with van der Waals surface area (Å²) in [6.07, 6.45) is 0.370. The number of amides is 2. The number of carbonyl (C=O) groups is 2. The van der Waals surface area contributed by atoms with Crippen molar-refractivity contribution in [2.75, 3.05) is 26.2 Å². The Balaban J connectivity index is 1.51. The molecule has 152 valence electrons. The van der Waals surface area contributed by atoms with Gasteiger partial charge in [-0.3, -0.25) is 14.5 Å². The molecular formula is C20H24F3N3O2. The fourth-order valence-electron chi connectivity index (χ4n) is 3.14. The van der Waals surface area contributed by atoms with Crippen molar-refractivity contribution in [3.63, 3.8) is 0 Å². The molecule has 1 aromatic carbocycles. The van der Waals surface area contributed by atoms with Crippen LogP contribution in [0.3, 0.4) is 0 Å². The van der Waals surface area contributed by atoms with Crippen molar-refractivity contribution in [2.45, 2.75) is 38.0 Å². The standard InChI is InChI=1S/C20H24F3N3O2/c1-14(19(28)24-17-6-7-17)25-9-11-26(12-10-25)18(27)8-5-15-3-2-4-16(13-15)20(21,22)23/h2-5,8,13-14,17H,6-7,9-12H2,1H3,(H,24,28)/b8-5+. The van der Waals surface area contributed by atoms with Crippen LogP contribution >= 0.6 is 0 Å². The summed E-state index contributed by atoms with van der Waals surface area (Å²) in [5.41, 5.74) is -0.415. The van der Waals surface area contributed by atoms with Crippen LogP contribution in [0.15, 0.2) is 30.3 Å². The van der Waals surface area contributed by atoms with Gasteiger partial charge in [0.25, 0.3) is 0 Å². The first kappa shape index (κ1) is 20.4. The van der Waals surface area contributed by atoms with Crippen molar-refractivity contribution < 1.29 is 22.8 Å². The Kier molecular flexibility index (Phi) is 6.07. The highest BCUT2D eigenvalue weighted by atomic mass is 19.4. The molecule has 0 bridgehead atoms. The van der Waals surface area contributed by atoms with Crippen LogP contribution in [0.1, 0.15) is 30.9 Å². The Morgan fingerprint density at radius 3 is 2.46 bits per heavy atom. The Morgan fingerprint density at radius 1 is 1.18 bits per heavy atom. The molecule has 5 nitrogen and oxygen atoms in total. The zero-order valence-corrected chi connectivity index (χ0v) is 15.7. The molecule has 2 fully saturated rings. The highest BCUT2D eigenvalue weighted by Gasteiger charge is 2.31. The second-order valence-corrected chi connectivity index (χ2v) is 7.28. The number of carbonyl (C=O) groups excluding carboxylic acids is 2. The van der Waals surface area contributed by atoms with Gasteiger partial charge in [-0.15, -0.1) is 0 Å². The van der Waals surface area contributed by atoms with Gasteiger partial charge in [0.15, 0.2) is 0 Å². The molecule has 28 heavy (non-hydrogen) atoms. The summed E-state index contributed by atoms with van der Waals surface area (Å²) < 4.78 is 38.3. The van der Waals surface area contributed by atoms with Gasteiger partial charge >= 0.3 is 6.18 Å². The van der Waals surface area contributed by atoms with Crippen LogP contribution in [0, 0.1) is 0 Å². The van der Waals surface area contributed by atoms with Gasteiger partial charge in [0.1, 0.15) is 0 Å². The first-order valence-electron chi connectivity index (χ1n) is 9.43. The minimum absolute atomic E-state index is 0.0201. The number of nitrogens with one attached hydrogen (secondary N) is 1. The van der Waals surface area contributed by atoms with Gasteiger partial charge in [-0.05, 0) is 43.5 Å². The van der Waals surface area contributed by atoms with Gasteiger partial charge in [0.05, 0.1) is 11.6 Å². The predicted octanol–water partition coefficient (Wildman–Crippen LogP) is 2.53.